The molecule has 0 aliphatic rings. The lowest BCUT2D eigenvalue weighted by Gasteiger charge is -2.20. The standard InChI is InChI=1S/C30H26O2Si/c1-21(23-13-7-5-8-14-23)25-17-11-19-27(31-3)29(25)33-30-26(18-12-20-28(30)32-4)22(2)24-15-9-6-10-16-24/h5-20H,1-2H2,3-4H3. The zero-order valence-electron chi connectivity index (χ0n) is 19.0. The molecule has 0 N–H and O–H groups in total. The molecule has 2 radical (unpaired) electrons. The fraction of sp³-hybridized carbons (Fsp3) is 0.0667. The van der Waals surface area contributed by atoms with Gasteiger partial charge in [-0.2, -0.15) is 0 Å². The smallest absolute Gasteiger partial charge is 0.133 e. The van der Waals surface area contributed by atoms with Gasteiger partial charge in [0.25, 0.3) is 0 Å². The highest BCUT2D eigenvalue weighted by Crippen LogP contribution is 2.26. The molecule has 0 spiro atoms. The van der Waals surface area contributed by atoms with Gasteiger partial charge in [0, 0.05) is 0 Å². The molecule has 0 aliphatic heterocycles. The predicted octanol–water partition coefficient (Wildman–Crippen LogP) is 5.48. The first-order valence-corrected chi connectivity index (χ1v) is 11.7. The van der Waals surface area contributed by atoms with Crippen LogP contribution in [0.25, 0.3) is 11.1 Å². The summed E-state index contributed by atoms with van der Waals surface area (Å²) in [5.41, 5.74) is 6.25. The summed E-state index contributed by atoms with van der Waals surface area (Å²) in [6.07, 6.45) is 0. The number of hydrogen-bond acceptors (Lipinski definition) is 2. The minimum atomic E-state index is 0.289. The third-order valence-corrected chi connectivity index (χ3v) is 7.17. The Morgan fingerprint density at radius 3 is 1.30 bits per heavy atom. The van der Waals surface area contributed by atoms with Gasteiger partial charge in [-0.05, 0) is 55.9 Å². The average Bonchev–Trinajstić information content (AvgIpc) is 2.89. The van der Waals surface area contributed by atoms with Gasteiger partial charge in [-0.25, -0.2) is 0 Å². The maximum absolute atomic E-state index is 5.81. The van der Waals surface area contributed by atoms with E-state index in [-0.39, 0.29) is 9.52 Å². The lowest BCUT2D eigenvalue weighted by molar-refractivity contribution is 0.417. The molecule has 0 aromatic heterocycles. The summed E-state index contributed by atoms with van der Waals surface area (Å²) in [5.74, 6) is 1.68. The Balaban J connectivity index is 1.84. The van der Waals surface area contributed by atoms with Crippen LogP contribution in [-0.4, -0.2) is 23.7 Å². The van der Waals surface area contributed by atoms with Crippen molar-refractivity contribution >= 4 is 31.0 Å². The Bertz CT molecular complexity index is 1180. The van der Waals surface area contributed by atoms with Crippen LogP contribution in [-0.2, 0) is 0 Å². The van der Waals surface area contributed by atoms with Gasteiger partial charge < -0.3 is 9.47 Å². The summed E-state index contributed by atoms with van der Waals surface area (Å²) >= 11 is 0. The van der Waals surface area contributed by atoms with Crippen molar-refractivity contribution in [2.75, 3.05) is 14.2 Å². The number of rotatable bonds is 8. The van der Waals surface area contributed by atoms with Crippen LogP contribution in [0.15, 0.2) is 110 Å². The van der Waals surface area contributed by atoms with Crippen molar-refractivity contribution in [2.45, 2.75) is 0 Å². The van der Waals surface area contributed by atoms with Gasteiger partial charge in [0.15, 0.2) is 0 Å². The Labute approximate surface area is 198 Å². The van der Waals surface area contributed by atoms with Crippen molar-refractivity contribution in [1.82, 2.24) is 0 Å². The maximum Gasteiger partial charge on any atom is 0.133 e. The SMILES string of the molecule is C=C(c1ccccc1)c1cccc(OC)c1[Si]c1c(OC)cccc1C(=C)c1ccccc1. The molecule has 0 fully saturated rings. The van der Waals surface area contributed by atoms with E-state index in [1.165, 1.54) is 0 Å². The van der Waals surface area contributed by atoms with Crippen molar-refractivity contribution in [1.29, 1.82) is 0 Å². The second-order valence-electron chi connectivity index (χ2n) is 7.58. The summed E-state index contributed by atoms with van der Waals surface area (Å²) in [6, 6.07) is 32.8. The average molecular weight is 447 g/mol. The van der Waals surface area contributed by atoms with Crippen molar-refractivity contribution in [2.24, 2.45) is 0 Å². The Morgan fingerprint density at radius 2 is 0.939 bits per heavy atom. The molecule has 0 bridgehead atoms. The third-order valence-electron chi connectivity index (χ3n) is 5.64. The lowest BCUT2D eigenvalue weighted by Crippen LogP contribution is -2.34. The minimum Gasteiger partial charge on any atom is -0.497 e. The minimum absolute atomic E-state index is 0.289. The van der Waals surface area contributed by atoms with Crippen LogP contribution in [0.3, 0.4) is 0 Å². The van der Waals surface area contributed by atoms with Crippen molar-refractivity contribution < 1.29 is 9.47 Å². The van der Waals surface area contributed by atoms with Crippen LogP contribution < -0.4 is 19.8 Å². The van der Waals surface area contributed by atoms with E-state index in [0.29, 0.717) is 0 Å². The van der Waals surface area contributed by atoms with Gasteiger partial charge >= 0.3 is 0 Å². The molecule has 0 aliphatic carbocycles. The monoisotopic (exact) mass is 446 g/mol. The van der Waals surface area contributed by atoms with E-state index in [2.05, 4.69) is 49.6 Å². The second kappa shape index (κ2) is 10.2. The van der Waals surface area contributed by atoms with Crippen LogP contribution >= 0.6 is 0 Å². The van der Waals surface area contributed by atoms with E-state index in [0.717, 1.165) is 55.3 Å². The van der Waals surface area contributed by atoms with Crippen molar-refractivity contribution in [3.63, 3.8) is 0 Å². The van der Waals surface area contributed by atoms with Crippen LogP contribution in [0.4, 0.5) is 0 Å². The maximum atomic E-state index is 5.81. The second-order valence-corrected chi connectivity index (χ2v) is 8.83. The van der Waals surface area contributed by atoms with Crippen LogP contribution in [0.5, 0.6) is 11.5 Å². The van der Waals surface area contributed by atoms with Crippen LogP contribution in [0.1, 0.15) is 22.3 Å². The molecule has 0 unspecified atom stereocenters. The third kappa shape index (κ3) is 4.69. The zero-order valence-corrected chi connectivity index (χ0v) is 20.0. The molecule has 4 aromatic rings. The number of benzene rings is 4. The van der Waals surface area contributed by atoms with E-state index in [9.17, 15) is 0 Å². The molecular weight excluding hydrogens is 420 g/mol. The molecule has 0 heterocycles. The number of hydrogen-bond donors (Lipinski definition) is 0. The number of methoxy groups -OCH3 is 2. The molecule has 4 aromatic carbocycles. The summed E-state index contributed by atoms with van der Waals surface area (Å²) in [5, 5.41) is 2.20. The first-order valence-electron chi connectivity index (χ1n) is 10.7. The number of ether oxygens (including phenoxy) is 2. The zero-order chi connectivity index (χ0) is 23.2. The normalized spacial score (nSPS) is 10.5. The van der Waals surface area contributed by atoms with Gasteiger partial charge in [-0.3, -0.25) is 0 Å². The van der Waals surface area contributed by atoms with E-state index in [1.807, 2.05) is 60.7 Å². The highest BCUT2D eigenvalue weighted by atomic mass is 28.2. The molecule has 0 atom stereocenters. The summed E-state index contributed by atoms with van der Waals surface area (Å²) < 4.78 is 11.6. The fourth-order valence-corrected chi connectivity index (χ4v) is 5.48. The molecule has 3 heteroatoms. The molecule has 2 nitrogen and oxygen atoms in total. The topological polar surface area (TPSA) is 18.5 Å². The first-order chi connectivity index (χ1) is 16.1. The molecular formula is C30H26O2Si. The molecule has 4 rings (SSSR count). The van der Waals surface area contributed by atoms with Crippen molar-refractivity contribution in [3.8, 4) is 11.5 Å². The summed E-state index contributed by atoms with van der Waals surface area (Å²) in [4.78, 5) is 0. The van der Waals surface area contributed by atoms with Gasteiger partial charge in [0.1, 0.15) is 21.0 Å². The highest BCUT2D eigenvalue weighted by molar-refractivity contribution is 6.70. The fourth-order valence-electron chi connectivity index (χ4n) is 3.88. The summed E-state index contributed by atoms with van der Waals surface area (Å²) in [6.45, 7) is 8.84. The van der Waals surface area contributed by atoms with E-state index in [4.69, 9.17) is 9.47 Å². The quantitative estimate of drug-likeness (QED) is 0.334. The van der Waals surface area contributed by atoms with E-state index in [1.54, 1.807) is 14.2 Å². The highest BCUT2D eigenvalue weighted by Gasteiger charge is 2.20. The van der Waals surface area contributed by atoms with E-state index >= 15 is 0 Å². The predicted molar refractivity (Wildman–Crippen MR) is 140 cm³/mol. The molecule has 0 saturated carbocycles. The lowest BCUT2D eigenvalue weighted by atomic mass is 9.99. The van der Waals surface area contributed by atoms with Crippen LogP contribution in [0, 0.1) is 0 Å². The van der Waals surface area contributed by atoms with Crippen LogP contribution in [0.2, 0.25) is 0 Å². The molecule has 0 amide bonds. The van der Waals surface area contributed by atoms with Gasteiger partial charge in [-0.1, -0.05) is 98.1 Å². The van der Waals surface area contributed by atoms with Crippen molar-refractivity contribution in [3.05, 3.63) is 132 Å². The Kier molecular flexibility index (Phi) is 6.91. The Morgan fingerprint density at radius 1 is 0.545 bits per heavy atom. The first kappa shape index (κ1) is 22.4. The Hall–Kier alpha value is -3.82. The van der Waals surface area contributed by atoms with Gasteiger partial charge in [0.05, 0.1) is 14.2 Å². The molecule has 33 heavy (non-hydrogen) atoms. The largest absolute Gasteiger partial charge is 0.497 e. The van der Waals surface area contributed by atoms with E-state index < -0.39 is 0 Å². The molecule has 0 saturated heterocycles. The summed E-state index contributed by atoms with van der Waals surface area (Å²) in [7, 11) is 3.71. The van der Waals surface area contributed by atoms with Gasteiger partial charge in [0.2, 0.25) is 0 Å². The van der Waals surface area contributed by atoms with Gasteiger partial charge in [-0.15, -0.1) is 0 Å². The molecule has 162 valence electrons.